The molecule has 0 atom stereocenters. The third-order valence-corrected chi connectivity index (χ3v) is 2.75. The van der Waals surface area contributed by atoms with Crippen molar-refractivity contribution >= 4 is 11.5 Å². The van der Waals surface area contributed by atoms with Gasteiger partial charge in [-0.2, -0.15) is 0 Å². The Bertz CT molecular complexity index is 440. The van der Waals surface area contributed by atoms with Gasteiger partial charge in [0, 0.05) is 5.57 Å². The first-order valence-electron chi connectivity index (χ1n) is 6.93. The molecular formula is C17H22O2. The predicted octanol–water partition coefficient (Wildman–Crippen LogP) is 4.37. The van der Waals surface area contributed by atoms with Crippen LogP contribution >= 0.6 is 0 Å². The zero-order valence-electron chi connectivity index (χ0n) is 11.8. The Kier molecular flexibility index (Phi) is 7.38. The Morgan fingerprint density at radius 3 is 2.63 bits per heavy atom. The van der Waals surface area contributed by atoms with Gasteiger partial charge in [-0.25, -0.2) is 0 Å². The zero-order chi connectivity index (χ0) is 13.9. The lowest BCUT2D eigenvalue weighted by atomic mass is 10.0. The molecule has 2 heteroatoms. The molecule has 0 fully saturated rings. The van der Waals surface area contributed by atoms with Gasteiger partial charge in [-0.15, -0.1) is 5.73 Å². The van der Waals surface area contributed by atoms with Crippen LogP contribution in [0, 0.1) is 0 Å². The van der Waals surface area contributed by atoms with E-state index in [0.717, 1.165) is 24.8 Å². The molecule has 0 aromatic heterocycles. The van der Waals surface area contributed by atoms with Gasteiger partial charge in [0.25, 0.3) is 0 Å². The summed E-state index contributed by atoms with van der Waals surface area (Å²) in [5, 5.41) is 0. The average molecular weight is 258 g/mol. The maximum atomic E-state index is 11.3. The van der Waals surface area contributed by atoms with Gasteiger partial charge in [0.2, 0.25) is 0 Å². The van der Waals surface area contributed by atoms with E-state index >= 15 is 0 Å². The van der Waals surface area contributed by atoms with Crippen molar-refractivity contribution < 1.29 is 9.53 Å². The molecule has 0 aliphatic rings. The van der Waals surface area contributed by atoms with Crippen LogP contribution < -0.4 is 0 Å². The number of carbonyl (C=O) groups is 1. The summed E-state index contributed by atoms with van der Waals surface area (Å²) in [7, 11) is 0. The maximum Gasteiger partial charge on any atom is 0.310 e. The van der Waals surface area contributed by atoms with E-state index in [4.69, 9.17) is 4.74 Å². The lowest BCUT2D eigenvalue weighted by Crippen LogP contribution is -2.01. The normalized spacial score (nSPS) is 9.58. The number of ether oxygens (including phenoxy) is 1. The number of hydrogen-bond donors (Lipinski definition) is 0. The molecule has 0 bridgehead atoms. The minimum absolute atomic E-state index is 0.196. The third kappa shape index (κ3) is 6.08. The molecule has 19 heavy (non-hydrogen) atoms. The molecule has 0 spiro atoms. The second-order valence-corrected chi connectivity index (χ2v) is 4.31. The lowest BCUT2D eigenvalue weighted by molar-refractivity contribution is -0.142. The van der Waals surface area contributed by atoms with E-state index in [-0.39, 0.29) is 12.4 Å². The van der Waals surface area contributed by atoms with Crippen LogP contribution in [0.2, 0.25) is 0 Å². The second-order valence-electron chi connectivity index (χ2n) is 4.31. The van der Waals surface area contributed by atoms with Crippen LogP contribution in [0.15, 0.2) is 42.1 Å². The van der Waals surface area contributed by atoms with Gasteiger partial charge in [0.15, 0.2) is 0 Å². The van der Waals surface area contributed by atoms with Crippen LogP contribution in [-0.4, -0.2) is 12.6 Å². The summed E-state index contributed by atoms with van der Waals surface area (Å²) >= 11 is 0. The molecule has 102 valence electrons. The summed E-state index contributed by atoms with van der Waals surface area (Å²) in [5.74, 6) is -0.196. The molecule has 0 saturated heterocycles. The number of rotatable bonds is 7. The number of carbonyl (C=O) groups excluding carboxylic acids is 1. The monoisotopic (exact) mass is 258 g/mol. The summed E-state index contributed by atoms with van der Waals surface area (Å²) in [6.45, 7) is 4.41. The number of hydrogen-bond acceptors (Lipinski definition) is 2. The molecule has 0 radical (unpaired) electrons. The molecule has 0 aliphatic heterocycles. The van der Waals surface area contributed by atoms with Gasteiger partial charge in [-0.1, -0.05) is 43.7 Å². The Balaban J connectivity index is 2.78. The minimum atomic E-state index is -0.196. The maximum absolute atomic E-state index is 11.3. The van der Waals surface area contributed by atoms with E-state index in [1.165, 1.54) is 5.56 Å². The molecule has 0 aliphatic carbocycles. The summed E-state index contributed by atoms with van der Waals surface area (Å²) in [6, 6.07) is 10.2. The smallest absolute Gasteiger partial charge is 0.310 e. The van der Waals surface area contributed by atoms with Gasteiger partial charge in [-0.3, -0.25) is 4.79 Å². The van der Waals surface area contributed by atoms with Crippen LogP contribution in [0.25, 0.3) is 5.57 Å². The first-order chi connectivity index (χ1) is 9.27. The van der Waals surface area contributed by atoms with Crippen molar-refractivity contribution in [3.63, 3.8) is 0 Å². The van der Waals surface area contributed by atoms with Crippen molar-refractivity contribution in [1.82, 2.24) is 0 Å². The van der Waals surface area contributed by atoms with Gasteiger partial charge in [-0.05, 0) is 31.4 Å². The van der Waals surface area contributed by atoms with Gasteiger partial charge >= 0.3 is 5.97 Å². The molecular weight excluding hydrogens is 236 g/mol. The van der Waals surface area contributed by atoms with E-state index in [9.17, 15) is 4.79 Å². The summed E-state index contributed by atoms with van der Waals surface area (Å²) in [6.07, 6.45) is 5.33. The fourth-order valence-electron chi connectivity index (χ4n) is 1.77. The molecule has 0 N–H and O–H groups in total. The number of benzene rings is 1. The minimum Gasteiger partial charge on any atom is -0.466 e. The Morgan fingerprint density at radius 1 is 1.26 bits per heavy atom. The Hall–Kier alpha value is -1.79. The summed E-state index contributed by atoms with van der Waals surface area (Å²) < 4.78 is 4.89. The highest BCUT2D eigenvalue weighted by Crippen LogP contribution is 2.19. The average Bonchev–Trinajstić information content (AvgIpc) is 2.44. The summed E-state index contributed by atoms with van der Waals surface area (Å²) in [4.78, 5) is 11.3. The standard InChI is InChI=1S/C17H22O2/c1-3-5-10-15(16-11-7-6-8-12-16)13-9-14-17(18)19-4-2/h6-9,11-12H,3-5,10,14H2,1-2H3. The zero-order valence-corrected chi connectivity index (χ0v) is 11.8. The second kappa shape index (κ2) is 9.18. The molecule has 0 heterocycles. The van der Waals surface area contributed by atoms with E-state index in [1.54, 1.807) is 6.08 Å². The van der Waals surface area contributed by atoms with E-state index in [0.29, 0.717) is 6.61 Å². The van der Waals surface area contributed by atoms with Gasteiger partial charge in [0.1, 0.15) is 0 Å². The van der Waals surface area contributed by atoms with Crippen LogP contribution in [0.1, 0.15) is 45.1 Å². The van der Waals surface area contributed by atoms with E-state index in [2.05, 4.69) is 24.8 Å². The van der Waals surface area contributed by atoms with Crippen molar-refractivity contribution in [3.05, 3.63) is 47.7 Å². The number of esters is 1. The lowest BCUT2D eigenvalue weighted by Gasteiger charge is -2.03. The van der Waals surface area contributed by atoms with Gasteiger partial charge in [0.05, 0.1) is 13.0 Å². The van der Waals surface area contributed by atoms with E-state index in [1.807, 2.05) is 25.1 Å². The molecule has 1 aromatic rings. The summed E-state index contributed by atoms with van der Waals surface area (Å²) in [5.41, 5.74) is 5.59. The topological polar surface area (TPSA) is 26.3 Å². The highest BCUT2D eigenvalue weighted by Gasteiger charge is 2.00. The van der Waals surface area contributed by atoms with Crippen LogP contribution in [0.4, 0.5) is 0 Å². The van der Waals surface area contributed by atoms with Crippen LogP contribution in [-0.2, 0) is 9.53 Å². The molecule has 2 nitrogen and oxygen atoms in total. The largest absolute Gasteiger partial charge is 0.466 e. The highest BCUT2D eigenvalue weighted by atomic mass is 16.5. The van der Waals surface area contributed by atoms with Crippen molar-refractivity contribution in [2.24, 2.45) is 0 Å². The fraction of sp³-hybridized carbons (Fsp3) is 0.412. The first kappa shape index (κ1) is 15.3. The van der Waals surface area contributed by atoms with Crippen LogP contribution in [0.5, 0.6) is 0 Å². The van der Waals surface area contributed by atoms with Crippen molar-refractivity contribution in [3.8, 4) is 0 Å². The van der Waals surface area contributed by atoms with Crippen molar-refractivity contribution in [2.45, 2.75) is 39.5 Å². The number of unbranched alkanes of at least 4 members (excludes halogenated alkanes) is 1. The van der Waals surface area contributed by atoms with E-state index < -0.39 is 0 Å². The Morgan fingerprint density at radius 2 is 2.00 bits per heavy atom. The third-order valence-electron chi connectivity index (χ3n) is 2.75. The molecule has 1 aromatic carbocycles. The van der Waals surface area contributed by atoms with Crippen molar-refractivity contribution in [1.29, 1.82) is 0 Å². The SMILES string of the molecule is CCCCC(=C=CCC(=O)OCC)c1ccccc1. The fourth-order valence-corrected chi connectivity index (χ4v) is 1.77. The highest BCUT2D eigenvalue weighted by molar-refractivity contribution is 5.72. The molecule has 0 saturated carbocycles. The van der Waals surface area contributed by atoms with Gasteiger partial charge < -0.3 is 4.74 Å². The van der Waals surface area contributed by atoms with Crippen molar-refractivity contribution in [2.75, 3.05) is 6.61 Å². The predicted molar refractivity (Wildman–Crippen MR) is 78.7 cm³/mol. The first-order valence-corrected chi connectivity index (χ1v) is 6.93. The molecule has 0 unspecified atom stereocenters. The Labute approximate surface area is 115 Å². The molecule has 0 amide bonds. The van der Waals surface area contributed by atoms with Crippen LogP contribution in [0.3, 0.4) is 0 Å². The quantitative estimate of drug-likeness (QED) is 0.536. The molecule has 1 rings (SSSR count).